The van der Waals surface area contributed by atoms with Crippen LogP contribution in [0.1, 0.15) is 0 Å². The van der Waals surface area contributed by atoms with Gasteiger partial charge in [-0.05, 0) is 6.07 Å². The first kappa shape index (κ1) is 13.3. The van der Waals surface area contributed by atoms with E-state index in [1.165, 1.54) is 0 Å². The predicted molar refractivity (Wildman–Crippen MR) is 57.2 cm³/mol. The lowest BCUT2D eigenvalue weighted by molar-refractivity contribution is -0.396. The minimum absolute atomic E-state index is 0.160. The maximum atomic E-state index is 10.6. The van der Waals surface area contributed by atoms with E-state index in [0.717, 1.165) is 12.1 Å². The van der Waals surface area contributed by atoms with Gasteiger partial charge < -0.3 is 0 Å². The highest BCUT2D eigenvalue weighted by molar-refractivity contribution is 8.70. The van der Waals surface area contributed by atoms with Gasteiger partial charge in [-0.3, -0.25) is 24.8 Å². The number of hydrogen-bond donors (Lipinski definition) is 1. The third kappa shape index (κ3) is 3.65. The molecule has 0 saturated heterocycles. The molecule has 0 radical (unpaired) electrons. The van der Waals surface area contributed by atoms with Crippen LogP contribution < -0.4 is 0 Å². The van der Waals surface area contributed by atoms with E-state index in [4.69, 9.17) is 4.55 Å². The van der Waals surface area contributed by atoms with Gasteiger partial charge in [0.1, 0.15) is 4.90 Å². The van der Waals surface area contributed by atoms with Gasteiger partial charge in [0.25, 0.3) is 11.4 Å². The van der Waals surface area contributed by atoms with E-state index < -0.39 is 35.3 Å². The van der Waals surface area contributed by atoms with Crippen molar-refractivity contribution in [2.24, 2.45) is 0 Å². The molecular formula is C6H4N2O7S2. The van der Waals surface area contributed by atoms with Crippen molar-refractivity contribution in [3.63, 3.8) is 0 Å². The van der Waals surface area contributed by atoms with E-state index >= 15 is 0 Å². The molecule has 92 valence electrons. The number of nitrogens with zero attached hydrogens (tertiary/aromatic N) is 2. The van der Waals surface area contributed by atoms with Gasteiger partial charge in [0, 0.05) is 16.9 Å². The topological polar surface area (TPSA) is 141 Å². The summed E-state index contributed by atoms with van der Waals surface area (Å²) in [5.41, 5.74) is -1.31. The van der Waals surface area contributed by atoms with E-state index in [-0.39, 0.29) is 10.8 Å². The SMILES string of the molecule is O=[N+]([O-])c1ccc(SS(=O)(=O)O)c([N+](=O)[O-])c1. The van der Waals surface area contributed by atoms with Gasteiger partial charge in [-0.15, -0.1) is 0 Å². The van der Waals surface area contributed by atoms with Crippen molar-refractivity contribution < 1.29 is 22.8 Å². The Labute approximate surface area is 97.9 Å². The Morgan fingerprint density at radius 2 is 1.76 bits per heavy atom. The summed E-state index contributed by atoms with van der Waals surface area (Å²) in [6.45, 7) is 0. The summed E-state index contributed by atoms with van der Waals surface area (Å²) in [6.07, 6.45) is 0. The first-order valence-corrected chi connectivity index (χ1v) is 6.58. The van der Waals surface area contributed by atoms with E-state index in [2.05, 4.69) is 0 Å². The molecule has 17 heavy (non-hydrogen) atoms. The summed E-state index contributed by atoms with van der Waals surface area (Å²) in [7, 11) is -4.68. The molecule has 0 aliphatic rings. The lowest BCUT2D eigenvalue weighted by Gasteiger charge is -1.99. The number of nitro groups is 2. The molecule has 0 aliphatic heterocycles. The highest BCUT2D eigenvalue weighted by Crippen LogP contribution is 2.34. The minimum atomic E-state index is -4.52. The van der Waals surface area contributed by atoms with Crippen molar-refractivity contribution in [3.05, 3.63) is 38.4 Å². The first-order valence-electron chi connectivity index (χ1n) is 3.80. The van der Waals surface area contributed by atoms with Gasteiger partial charge in [0.2, 0.25) is 0 Å². The predicted octanol–water partition coefficient (Wildman–Crippen LogP) is 1.40. The van der Waals surface area contributed by atoms with E-state index in [9.17, 15) is 28.6 Å². The van der Waals surface area contributed by atoms with Crippen LogP contribution in [-0.2, 0) is 9.15 Å². The molecule has 0 heterocycles. The Kier molecular flexibility index (Phi) is 3.65. The maximum absolute atomic E-state index is 10.6. The highest BCUT2D eigenvalue weighted by Gasteiger charge is 2.23. The number of benzene rings is 1. The number of nitro benzene ring substituents is 2. The van der Waals surface area contributed by atoms with Crippen molar-refractivity contribution in [1.82, 2.24) is 0 Å². The molecular weight excluding hydrogens is 276 g/mol. The average Bonchev–Trinajstić information content (AvgIpc) is 2.14. The maximum Gasteiger partial charge on any atom is 0.324 e. The summed E-state index contributed by atoms with van der Waals surface area (Å²) in [5.74, 6) is 0. The molecule has 0 amide bonds. The first-order chi connectivity index (χ1) is 7.70. The number of hydrogen-bond acceptors (Lipinski definition) is 7. The van der Waals surface area contributed by atoms with Crippen LogP contribution in [0.3, 0.4) is 0 Å². The Morgan fingerprint density at radius 1 is 1.18 bits per heavy atom. The summed E-state index contributed by atoms with van der Waals surface area (Å²) in [5, 5.41) is 21.0. The van der Waals surface area contributed by atoms with E-state index in [0.29, 0.717) is 6.07 Å². The molecule has 0 bridgehead atoms. The van der Waals surface area contributed by atoms with Gasteiger partial charge in [0.15, 0.2) is 0 Å². The highest BCUT2D eigenvalue weighted by atomic mass is 33.1. The molecule has 1 N–H and O–H groups in total. The van der Waals surface area contributed by atoms with Crippen LogP contribution >= 0.6 is 10.8 Å². The molecule has 1 aromatic carbocycles. The van der Waals surface area contributed by atoms with Gasteiger partial charge in [0.05, 0.1) is 15.9 Å². The van der Waals surface area contributed by atoms with Gasteiger partial charge >= 0.3 is 9.15 Å². The molecule has 0 fully saturated rings. The average molecular weight is 280 g/mol. The second-order valence-corrected chi connectivity index (χ2v) is 5.90. The van der Waals surface area contributed by atoms with Crippen LogP contribution in [-0.4, -0.2) is 22.8 Å². The van der Waals surface area contributed by atoms with Crippen LogP contribution in [0.4, 0.5) is 11.4 Å². The zero-order chi connectivity index (χ0) is 13.2. The summed E-state index contributed by atoms with van der Waals surface area (Å²) < 4.78 is 29.6. The fourth-order valence-electron chi connectivity index (χ4n) is 0.946. The molecule has 1 aromatic rings. The monoisotopic (exact) mass is 280 g/mol. The van der Waals surface area contributed by atoms with Crippen molar-refractivity contribution in [3.8, 4) is 0 Å². The minimum Gasteiger partial charge on any atom is -0.277 e. The fraction of sp³-hybridized carbons (Fsp3) is 0. The standard InChI is InChI=1S/C6H4N2O7S2/c9-7(10)4-1-2-6(16-17(13,14)15)5(3-4)8(11)12/h1-3H,(H,13,14,15). The Bertz CT molecular complexity index is 582. The Morgan fingerprint density at radius 3 is 2.18 bits per heavy atom. The molecule has 0 atom stereocenters. The van der Waals surface area contributed by atoms with Crippen molar-refractivity contribution in [2.75, 3.05) is 0 Å². The molecule has 0 aromatic heterocycles. The fourth-order valence-corrected chi connectivity index (χ4v) is 2.62. The normalized spacial score (nSPS) is 11.1. The van der Waals surface area contributed by atoms with E-state index in [1.54, 1.807) is 0 Å². The van der Waals surface area contributed by atoms with Crippen LogP contribution in [0, 0.1) is 20.2 Å². The number of rotatable bonds is 4. The molecule has 0 unspecified atom stereocenters. The molecule has 1 rings (SSSR count). The Hall–Kier alpha value is -1.72. The molecule has 0 saturated carbocycles. The van der Waals surface area contributed by atoms with Crippen molar-refractivity contribution in [1.29, 1.82) is 0 Å². The molecule has 0 aliphatic carbocycles. The van der Waals surface area contributed by atoms with Crippen molar-refractivity contribution in [2.45, 2.75) is 4.90 Å². The summed E-state index contributed by atoms with van der Waals surface area (Å²) >= 11 is 0. The van der Waals surface area contributed by atoms with Gasteiger partial charge in [-0.25, -0.2) is 0 Å². The lowest BCUT2D eigenvalue weighted by atomic mass is 10.3. The van der Waals surface area contributed by atoms with Crippen LogP contribution in [0.25, 0.3) is 0 Å². The van der Waals surface area contributed by atoms with Crippen LogP contribution in [0.15, 0.2) is 23.1 Å². The second-order valence-electron chi connectivity index (χ2n) is 2.68. The molecule has 11 heteroatoms. The molecule has 0 spiro atoms. The largest absolute Gasteiger partial charge is 0.324 e. The quantitative estimate of drug-likeness (QED) is 0.377. The third-order valence-electron chi connectivity index (χ3n) is 1.55. The van der Waals surface area contributed by atoms with Crippen molar-refractivity contribution >= 4 is 31.3 Å². The number of non-ortho nitro benzene ring substituents is 1. The van der Waals surface area contributed by atoms with E-state index in [1.807, 2.05) is 0 Å². The second kappa shape index (κ2) is 4.65. The van der Waals surface area contributed by atoms with Crippen LogP contribution in [0.2, 0.25) is 0 Å². The van der Waals surface area contributed by atoms with Gasteiger partial charge in [-0.2, -0.15) is 8.42 Å². The van der Waals surface area contributed by atoms with Crippen LogP contribution in [0.5, 0.6) is 0 Å². The Balaban J connectivity index is 3.32. The van der Waals surface area contributed by atoms with Gasteiger partial charge in [-0.1, -0.05) is 0 Å². The summed E-state index contributed by atoms with van der Waals surface area (Å²) in [6, 6.07) is 2.41. The smallest absolute Gasteiger partial charge is 0.277 e. The zero-order valence-corrected chi connectivity index (χ0v) is 9.47. The summed E-state index contributed by atoms with van der Waals surface area (Å²) in [4.78, 5) is 18.7. The molecule has 9 nitrogen and oxygen atoms in total. The third-order valence-corrected chi connectivity index (χ3v) is 3.45. The lowest BCUT2D eigenvalue weighted by Crippen LogP contribution is -1.96. The zero-order valence-electron chi connectivity index (χ0n) is 7.84.